The average Bonchev–Trinajstić information content (AvgIpc) is 2.51. The SMILES string of the molecule is COc1ccccc1[C@H](C)NCc1ccc(O)c(O)c1O. The molecular formula is C16H19NO4. The van der Waals surface area contributed by atoms with E-state index < -0.39 is 5.75 Å². The third kappa shape index (κ3) is 3.20. The summed E-state index contributed by atoms with van der Waals surface area (Å²) >= 11 is 0. The van der Waals surface area contributed by atoms with Gasteiger partial charge in [0.05, 0.1) is 7.11 Å². The number of methoxy groups -OCH3 is 1. The summed E-state index contributed by atoms with van der Waals surface area (Å²) in [7, 11) is 1.62. The molecule has 0 bridgehead atoms. The Balaban J connectivity index is 2.11. The van der Waals surface area contributed by atoms with Gasteiger partial charge in [0, 0.05) is 23.7 Å². The molecule has 0 fully saturated rings. The second kappa shape index (κ2) is 6.37. The summed E-state index contributed by atoms with van der Waals surface area (Å²) < 4.78 is 5.31. The van der Waals surface area contributed by atoms with Gasteiger partial charge in [-0.15, -0.1) is 0 Å². The Labute approximate surface area is 123 Å². The van der Waals surface area contributed by atoms with E-state index in [1.165, 1.54) is 6.07 Å². The third-order valence-corrected chi connectivity index (χ3v) is 3.42. The van der Waals surface area contributed by atoms with Crippen molar-refractivity contribution in [3.8, 4) is 23.0 Å². The van der Waals surface area contributed by atoms with Crippen molar-refractivity contribution in [2.24, 2.45) is 0 Å². The summed E-state index contributed by atoms with van der Waals surface area (Å²) in [4.78, 5) is 0. The molecule has 5 nitrogen and oxygen atoms in total. The van der Waals surface area contributed by atoms with Crippen LogP contribution in [0.3, 0.4) is 0 Å². The fraction of sp³-hybridized carbons (Fsp3) is 0.250. The number of para-hydroxylation sites is 1. The van der Waals surface area contributed by atoms with Gasteiger partial charge in [0.15, 0.2) is 11.5 Å². The van der Waals surface area contributed by atoms with Crippen molar-refractivity contribution >= 4 is 0 Å². The molecule has 0 unspecified atom stereocenters. The van der Waals surface area contributed by atoms with E-state index >= 15 is 0 Å². The molecule has 5 heteroatoms. The number of phenolic OH excluding ortho intramolecular Hbond substituents is 3. The molecule has 0 aliphatic carbocycles. The second-order valence-corrected chi connectivity index (χ2v) is 4.79. The summed E-state index contributed by atoms with van der Waals surface area (Å²) in [5.41, 5.74) is 1.51. The van der Waals surface area contributed by atoms with Gasteiger partial charge in [-0.1, -0.05) is 24.3 Å². The van der Waals surface area contributed by atoms with Crippen LogP contribution >= 0.6 is 0 Å². The molecule has 4 N–H and O–H groups in total. The number of aromatic hydroxyl groups is 3. The highest BCUT2D eigenvalue weighted by molar-refractivity contribution is 5.53. The van der Waals surface area contributed by atoms with Gasteiger partial charge in [-0.25, -0.2) is 0 Å². The van der Waals surface area contributed by atoms with Crippen molar-refractivity contribution in [3.05, 3.63) is 47.5 Å². The maximum atomic E-state index is 9.79. The standard InChI is InChI=1S/C16H19NO4/c1-10(12-5-3-4-6-14(12)21-2)17-9-11-7-8-13(18)16(20)15(11)19/h3-8,10,17-20H,9H2,1-2H3/t10-/m0/s1. The zero-order valence-corrected chi connectivity index (χ0v) is 12.0. The zero-order valence-electron chi connectivity index (χ0n) is 12.0. The molecule has 0 heterocycles. The number of phenols is 3. The van der Waals surface area contributed by atoms with Gasteiger partial charge in [0.2, 0.25) is 5.75 Å². The fourth-order valence-electron chi connectivity index (χ4n) is 2.15. The first kappa shape index (κ1) is 15.0. The third-order valence-electron chi connectivity index (χ3n) is 3.42. The van der Waals surface area contributed by atoms with Gasteiger partial charge in [0.25, 0.3) is 0 Å². The van der Waals surface area contributed by atoms with Crippen molar-refractivity contribution in [1.29, 1.82) is 0 Å². The number of hydrogen-bond donors (Lipinski definition) is 4. The van der Waals surface area contributed by atoms with Crippen LogP contribution in [0.5, 0.6) is 23.0 Å². The molecule has 112 valence electrons. The van der Waals surface area contributed by atoms with E-state index in [1.807, 2.05) is 31.2 Å². The van der Waals surface area contributed by atoms with Gasteiger partial charge in [-0.2, -0.15) is 0 Å². The van der Waals surface area contributed by atoms with Crippen LogP contribution in [0, 0.1) is 0 Å². The summed E-state index contributed by atoms with van der Waals surface area (Å²) in [5.74, 6) is -0.363. The lowest BCUT2D eigenvalue weighted by Crippen LogP contribution is -2.18. The molecule has 2 aromatic rings. The minimum absolute atomic E-state index is 0.00324. The van der Waals surface area contributed by atoms with Crippen LogP contribution < -0.4 is 10.1 Å². The highest BCUT2D eigenvalue weighted by Crippen LogP contribution is 2.37. The van der Waals surface area contributed by atoms with E-state index in [0.717, 1.165) is 11.3 Å². The van der Waals surface area contributed by atoms with E-state index in [1.54, 1.807) is 13.2 Å². The Morgan fingerprint density at radius 1 is 1.05 bits per heavy atom. The summed E-state index contributed by atoms with van der Waals surface area (Å²) in [6.45, 7) is 2.33. The molecule has 2 aromatic carbocycles. The van der Waals surface area contributed by atoms with Crippen LogP contribution in [-0.2, 0) is 6.54 Å². The molecule has 2 rings (SSSR count). The highest BCUT2D eigenvalue weighted by Gasteiger charge is 2.14. The molecule has 0 spiro atoms. The van der Waals surface area contributed by atoms with Crippen LogP contribution in [0.15, 0.2) is 36.4 Å². The average molecular weight is 289 g/mol. The van der Waals surface area contributed by atoms with Crippen LogP contribution in [0.4, 0.5) is 0 Å². The topological polar surface area (TPSA) is 82.0 Å². The quantitative estimate of drug-likeness (QED) is 0.636. The van der Waals surface area contributed by atoms with E-state index in [0.29, 0.717) is 12.1 Å². The molecule has 0 aromatic heterocycles. The van der Waals surface area contributed by atoms with Crippen LogP contribution in [-0.4, -0.2) is 22.4 Å². The fourth-order valence-corrected chi connectivity index (χ4v) is 2.15. The predicted molar refractivity (Wildman–Crippen MR) is 79.7 cm³/mol. The first-order valence-electron chi connectivity index (χ1n) is 6.63. The molecule has 1 atom stereocenters. The summed E-state index contributed by atoms with van der Waals surface area (Å²) in [6, 6.07) is 10.6. The minimum atomic E-state index is -0.501. The summed E-state index contributed by atoms with van der Waals surface area (Å²) in [6.07, 6.45) is 0. The Hall–Kier alpha value is -2.40. The van der Waals surface area contributed by atoms with E-state index in [-0.39, 0.29) is 17.5 Å². The van der Waals surface area contributed by atoms with Crippen molar-refractivity contribution in [2.75, 3.05) is 7.11 Å². The first-order valence-corrected chi connectivity index (χ1v) is 6.63. The first-order chi connectivity index (χ1) is 10.0. The monoisotopic (exact) mass is 289 g/mol. The van der Waals surface area contributed by atoms with E-state index in [2.05, 4.69) is 5.32 Å². The Bertz CT molecular complexity index is 628. The van der Waals surface area contributed by atoms with Crippen molar-refractivity contribution < 1.29 is 20.1 Å². The van der Waals surface area contributed by atoms with Gasteiger partial charge >= 0.3 is 0 Å². The molecule has 0 radical (unpaired) electrons. The smallest absolute Gasteiger partial charge is 0.200 e. The number of benzene rings is 2. The number of hydrogen-bond acceptors (Lipinski definition) is 5. The van der Waals surface area contributed by atoms with Crippen LogP contribution in [0.1, 0.15) is 24.1 Å². The lowest BCUT2D eigenvalue weighted by atomic mass is 10.1. The van der Waals surface area contributed by atoms with Crippen molar-refractivity contribution in [2.45, 2.75) is 19.5 Å². The van der Waals surface area contributed by atoms with Gasteiger partial charge in [-0.05, 0) is 19.1 Å². The van der Waals surface area contributed by atoms with Gasteiger partial charge < -0.3 is 25.4 Å². The number of nitrogens with one attached hydrogen (secondary N) is 1. The maximum absolute atomic E-state index is 9.79. The highest BCUT2D eigenvalue weighted by atomic mass is 16.5. The zero-order chi connectivity index (χ0) is 15.4. The number of ether oxygens (including phenoxy) is 1. The molecule has 21 heavy (non-hydrogen) atoms. The van der Waals surface area contributed by atoms with Crippen molar-refractivity contribution in [3.63, 3.8) is 0 Å². The molecule has 0 aliphatic heterocycles. The van der Waals surface area contributed by atoms with Gasteiger partial charge in [-0.3, -0.25) is 0 Å². The maximum Gasteiger partial charge on any atom is 0.200 e. The predicted octanol–water partition coefficient (Wildman–Crippen LogP) is 2.66. The van der Waals surface area contributed by atoms with Gasteiger partial charge in [0.1, 0.15) is 5.75 Å². The lowest BCUT2D eigenvalue weighted by Gasteiger charge is -2.18. The van der Waals surface area contributed by atoms with Crippen LogP contribution in [0.2, 0.25) is 0 Å². The molecule has 0 saturated heterocycles. The minimum Gasteiger partial charge on any atom is -0.504 e. The molecule has 0 aliphatic rings. The Morgan fingerprint density at radius 3 is 2.48 bits per heavy atom. The summed E-state index contributed by atoms with van der Waals surface area (Å²) in [5, 5.41) is 31.8. The van der Waals surface area contributed by atoms with E-state index in [4.69, 9.17) is 4.74 Å². The lowest BCUT2D eigenvalue weighted by molar-refractivity contribution is 0.363. The molecular weight excluding hydrogens is 270 g/mol. The normalized spacial score (nSPS) is 12.1. The number of rotatable bonds is 5. The van der Waals surface area contributed by atoms with Crippen LogP contribution in [0.25, 0.3) is 0 Å². The molecule has 0 saturated carbocycles. The Kier molecular flexibility index (Phi) is 4.55. The van der Waals surface area contributed by atoms with Crippen molar-refractivity contribution in [1.82, 2.24) is 5.32 Å². The Morgan fingerprint density at radius 2 is 1.76 bits per heavy atom. The molecule has 0 amide bonds. The largest absolute Gasteiger partial charge is 0.504 e. The van der Waals surface area contributed by atoms with E-state index in [9.17, 15) is 15.3 Å². The second-order valence-electron chi connectivity index (χ2n) is 4.79.